The van der Waals surface area contributed by atoms with Crippen LogP contribution in [0.1, 0.15) is 10.5 Å². The van der Waals surface area contributed by atoms with Crippen LogP contribution in [0.4, 0.5) is 4.39 Å². The van der Waals surface area contributed by atoms with Crippen LogP contribution < -0.4 is 15.4 Å². The maximum Gasteiger partial charge on any atom is 0.273 e. The number of piperazine rings is 1. The van der Waals surface area contributed by atoms with Crippen LogP contribution in [0.5, 0.6) is 5.75 Å². The van der Waals surface area contributed by atoms with E-state index in [1.54, 1.807) is 29.1 Å². The Bertz CT molecular complexity index is 723. The third-order valence-electron chi connectivity index (χ3n) is 4.11. The molecule has 1 aliphatic heterocycles. The standard InChI is InChI=1S/C17H23FN6O2.ClH/c18-14-3-1-2-4-16(14)26-12-7-20-17(25)15-13-24(22-21-15)11-10-23-8-5-19-6-9-23;/h1-4,13,19H,5-12H2,(H,20,25);1H. The number of para-hydroxylation sites is 1. The minimum Gasteiger partial charge on any atom is -0.489 e. The van der Waals surface area contributed by atoms with E-state index in [0.29, 0.717) is 6.54 Å². The zero-order valence-corrected chi connectivity index (χ0v) is 15.8. The van der Waals surface area contributed by atoms with Crippen LogP contribution in [0.3, 0.4) is 0 Å². The number of rotatable bonds is 8. The second-order valence-electron chi connectivity index (χ2n) is 5.99. The highest BCUT2D eigenvalue weighted by Gasteiger charge is 2.12. The normalized spacial score (nSPS) is 14.4. The van der Waals surface area contributed by atoms with Crippen LogP contribution in [-0.4, -0.2) is 71.7 Å². The molecule has 1 aliphatic rings. The van der Waals surface area contributed by atoms with Gasteiger partial charge in [0.1, 0.15) is 6.61 Å². The number of benzene rings is 1. The highest BCUT2D eigenvalue weighted by molar-refractivity contribution is 5.91. The maximum absolute atomic E-state index is 13.4. The lowest BCUT2D eigenvalue weighted by molar-refractivity contribution is 0.0941. The van der Waals surface area contributed by atoms with Crippen molar-refractivity contribution in [3.05, 3.63) is 42.0 Å². The second-order valence-corrected chi connectivity index (χ2v) is 5.99. The predicted octanol–water partition coefficient (Wildman–Crippen LogP) is 0.553. The van der Waals surface area contributed by atoms with Crippen molar-refractivity contribution in [3.63, 3.8) is 0 Å². The average molecular weight is 399 g/mol. The lowest BCUT2D eigenvalue weighted by atomic mass is 10.3. The maximum atomic E-state index is 13.4. The van der Waals surface area contributed by atoms with Gasteiger partial charge in [-0.15, -0.1) is 17.5 Å². The van der Waals surface area contributed by atoms with Gasteiger partial charge in [0.2, 0.25) is 0 Å². The summed E-state index contributed by atoms with van der Waals surface area (Å²) in [5, 5.41) is 13.9. The first-order valence-electron chi connectivity index (χ1n) is 8.71. The van der Waals surface area contributed by atoms with Gasteiger partial charge in [-0.05, 0) is 12.1 Å². The van der Waals surface area contributed by atoms with Gasteiger partial charge in [0.05, 0.1) is 19.3 Å². The quantitative estimate of drug-likeness (QED) is 0.632. The van der Waals surface area contributed by atoms with Gasteiger partial charge < -0.3 is 15.4 Å². The fourth-order valence-electron chi connectivity index (χ4n) is 2.67. The number of nitrogens with one attached hydrogen (secondary N) is 2. The smallest absolute Gasteiger partial charge is 0.273 e. The highest BCUT2D eigenvalue weighted by Crippen LogP contribution is 2.14. The van der Waals surface area contributed by atoms with E-state index in [0.717, 1.165) is 32.7 Å². The van der Waals surface area contributed by atoms with E-state index in [9.17, 15) is 9.18 Å². The summed E-state index contributed by atoms with van der Waals surface area (Å²) in [6, 6.07) is 6.15. The Hall–Kier alpha value is -2.23. The van der Waals surface area contributed by atoms with Gasteiger partial charge >= 0.3 is 0 Å². The molecule has 0 bridgehead atoms. The van der Waals surface area contributed by atoms with Crippen LogP contribution in [0.15, 0.2) is 30.5 Å². The summed E-state index contributed by atoms with van der Waals surface area (Å²) in [7, 11) is 0. The van der Waals surface area contributed by atoms with Crippen molar-refractivity contribution in [3.8, 4) is 5.75 Å². The molecule has 1 aromatic heterocycles. The topological polar surface area (TPSA) is 84.3 Å². The summed E-state index contributed by atoms with van der Waals surface area (Å²) in [6.07, 6.45) is 1.63. The molecular formula is C17H24ClFN6O2. The first-order chi connectivity index (χ1) is 12.7. The minimum absolute atomic E-state index is 0. The molecule has 0 aliphatic carbocycles. The molecule has 0 spiro atoms. The summed E-state index contributed by atoms with van der Waals surface area (Å²) in [4.78, 5) is 14.4. The molecule has 10 heteroatoms. The van der Waals surface area contributed by atoms with Crippen molar-refractivity contribution in [2.24, 2.45) is 0 Å². The molecule has 8 nitrogen and oxygen atoms in total. The van der Waals surface area contributed by atoms with Gasteiger partial charge in [-0.25, -0.2) is 4.39 Å². The zero-order chi connectivity index (χ0) is 18.2. The Labute approximate surface area is 163 Å². The third kappa shape index (κ3) is 6.46. The first-order valence-corrected chi connectivity index (χ1v) is 8.71. The molecular weight excluding hydrogens is 375 g/mol. The molecule has 2 heterocycles. The van der Waals surface area contributed by atoms with Crippen molar-refractivity contribution < 1.29 is 13.9 Å². The number of halogens is 2. The van der Waals surface area contributed by atoms with Crippen molar-refractivity contribution in [2.45, 2.75) is 6.54 Å². The minimum atomic E-state index is -0.425. The Morgan fingerprint density at radius 3 is 2.81 bits per heavy atom. The van der Waals surface area contributed by atoms with E-state index in [2.05, 4.69) is 25.8 Å². The van der Waals surface area contributed by atoms with E-state index < -0.39 is 5.82 Å². The molecule has 1 fully saturated rings. The third-order valence-corrected chi connectivity index (χ3v) is 4.11. The number of carbonyl (C=O) groups excluding carboxylic acids is 1. The van der Waals surface area contributed by atoms with Crippen molar-refractivity contribution in [1.82, 2.24) is 30.5 Å². The molecule has 0 radical (unpaired) electrons. The molecule has 2 N–H and O–H groups in total. The fourth-order valence-corrected chi connectivity index (χ4v) is 2.67. The van der Waals surface area contributed by atoms with Crippen LogP contribution in [0.2, 0.25) is 0 Å². The van der Waals surface area contributed by atoms with Gasteiger partial charge in [-0.2, -0.15) is 0 Å². The molecule has 1 amide bonds. The monoisotopic (exact) mass is 398 g/mol. The number of amides is 1. The molecule has 1 saturated heterocycles. The molecule has 27 heavy (non-hydrogen) atoms. The molecule has 148 valence electrons. The Balaban J connectivity index is 0.00000261. The summed E-state index contributed by atoms with van der Waals surface area (Å²) >= 11 is 0. The fraction of sp³-hybridized carbons (Fsp3) is 0.471. The molecule has 0 unspecified atom stereocenters. The predicted molar refractivity (Wildman–Crippen MR) is 101 cm³/mol. The summed E-state index contributed by atoms with van der Waals surface area (Å²) in [5.74, 6) is -0.581. The van der Waals surface area contributed by atoms with Crippen molar-refractivity contribution in [1.29, 1.82) is 0 Å². The number of hydrogen-bond donors (Lipinski definition) is 2. The average Bonchev–Trinajstić information content (AvgIpc) is 3.15. The van der Waals surface area contributed by atoms with Crippen molar-refractivity contribution >= 4 is 18.3 Å². The first kappa shape index (κ1) is 21.1. The van der Waals surface area contributed by atoms with Gasteiger partial charge in [0, 0.05) is 32.7 Å². The molecule has 3 rings (SSSR count). The summed E-state index contributed by atoms with van der Waals surface area (Å²) in [6.45, 7) is 6.03. The number of ether oxygens (including phenoxy) is 1. The summed E-state index contributed by atoms with van der Waals surface area (Å²) < 4.78 is 20.4. The van der Waals surface area contributed by atoms with Gasteiger partial charge in [-0.3, -0.25) is 14.4 Å². The SMILES string of the molecule is Cl.O=C(NCCOc1ccccc1F)c1cn(CCN2CCNCC2)nn1. The number of aromatic nitrogens is 3. The lowest BCUT2D eigenvalue weighted by Crippen LogP contribution is -2.44. The molecule has 0 saturated carbocycles. The summed E-state index contributed by atoms with van der Waals surface area (Å²) in [5.41, 5.74) is 0.260. The van der Waals surface area contributed by atoms with E-state index in [-0.39, 0.29) is 42.9 Å². The zero-order valence-electron chi connectivity index (χ0n) is 14.9. The van der Waals surface area contributed by atoms with Gasteiger partial charge in [-0.1, -0.05) is 17.3 Å². The Kier molecular flexibility index (Phi) is 8.43. The highest BCUT2D eigenvalue weighted by atomic mass is 35.5. The Morgan fingerprint density at radius 1 is 1.26 bits per heavy atom. The number of carbonyl (C=O) groups is 1. The van der Waals surface area contributed by atoms with E-state index in [1.807, 2.05) is 0 Å². The van der Waals surface area contributed by atoms with Gasteiger partial charge in [0.15, 0.2) is 17.3 Å². The lowest BCUT2D eigenvalue weighted by Gasteiger charge is -2.26. The number of hydrogen-bond acceptors (Lipinski definition) is 6. The largest absolute Gasteiger partial charge is 0.489 e. The van der Waals surface area contributed by atoms with Gasteiger partial charge in [0.25, 0.3) is 5.91 Å². The van der Waals surface area contributed by atoms with Crippen LogP contribution in [0, 0.1) is 5.82 Å². The number of nitrogens with zero attached hydrogens (tertiary/aromatic N) is 4. The van der Waals surface area contributed by atoms with Crippen LogP contribution in [0.25, 0.3) is 0 Å². The van der Waals surface area contributed by atoms with Crippen molar-refractivity contribution in [2.75, 3.05) is 45.9 Å². The van der Waals surface area contributed by atoms with Crippen LogP contribution in [-0.2, 0) is 6.54 Å². The molecule has 2 aromatic rings. The van der Waals surface area contributed by atoms with E-state index in [4.69, 9.17) is 4.74 Å². The second kappa shape index (κ2) is 10.8. The molecule has 1 aromatic carbocycles. The van der Waals surface area contributed by atoms with E-state index in [1.165, 1.54) is 6.07 Å². The van der Waals surface area contributed by atoms with Crippen LogP contribution >= 0.6 is 12.4 Å². The van der Waals surface area contributed by atoms with E-state index >= 15 is 0 Å². The molecule has 0 atom stereocenters. The Morgan fingerprint density at radius 2 is 2.04 bits per heavy atom.